The zero-order chi connectivity index (χ0) is 10.0. The summed E-state index contributed by atoms with van der Waals surface area (Å²) in [5, 5.41) is 0. The SMILES string of the molecule is COc1cc(F)c(Br)c(OC)c1C. The van der Waals surface area contributed by atoms with Crippen LogP contribution in [0.2, 0.25) is 0 Å². The van der Waals surface area contributed by atoms with Crippen molar-refractivity contribution in [3.8, 4) is 11.5 Å². The third-order valence-corrected chi connectivity index (χ3v) is 2.54. The fourth-order valence-corrected chi connectivity index (χ4v) is 1.70. The van der Waals surface area contributed by atoms with Crippen LogP contribution in [0.3, 0.4) is 0 Å². The van der Waals surface area contributed by atoms with Crippen molar-refractivity contribution in [1.82, 2.24) is 0 Å². The van der Waals surface area contributed by atoms with E-state index in [1.54, 1.807) is 0 Å². The lowest BCUT2D eigenvalue weighted by Gasteiger charge is -2.11. The predicted molar refractivity (Wildman–Crippen MR) is 51.9 cm³/mol. The molecule has 0 bridgehead atoms. The Labute approximate surface area is 84.8 Å². The van der Waals surface area contributed by atoms with Crippen molar-refractivity contribution in [3.05, 3.63) is 21.9 Å². The molecule has 1 aromatic carbocycles. The number of halogens is 2. The molecule has 1 rings (SSSR count). The van der Waals surface area contributed by atoms with E-state index in [2.05, 4.69) is 15.9 Å². The lowest BCUT2D eigenvalue weighted by molar-refractivity contribution is 0.380. The minimum atomic E-state index is -0.390. The van der Waals surface area contributed by atoms with Gasteiger partial charge in [-0.15, -0.1) is 0 Å². The van der Waals surface area contributed by atoms with Crippen molar-refractivity contribution in [3.63, 3.8) is 0 Å². The van der Waals surface area contributed by atoms with Crippen LogP contribution < -0.4 is 9.47 Å². The van der Waals surface area contributed by atoms with Crippen LogP contribution in [0, 0.1) is 12.7 Å². The molecule has 0 N–H and O–H groups in total. The Morgan fingerprint density at radius 3 is 2.38 bits per heavy atom. The summed E-state index contributed by atoms with van der Waals surface area (Å²) in [5.74, 6) is 0.564. The van der Waals surface area contributed by atoms with Crippen molar-refractivity contribution in [1.29, 1.82) is 0 Å². The summed E-state index contributed by atoms with van der Waals surface area (Å²) < 4.78 is 23.5. The lowest BCUT2D eigenvalue weighted by atomic mass is 10.2. The van der Waals surface area contributed by atoms with Gasteiger partial charge in [0.1, 0.15) is 17.3 Å². The van der Waals surface area contributed by atoms with Crippen LogP contribution in [0.1, 0.15) is 5.56 Å². The molecular formula is C9H10BrFO2. The summed E-state index contributed by atoms with van der Waals surface area (Å²) in [6.07, 6.45) is 0. The first kappa shape index (κ1) is 10.3. The predicted octanol–water partition coefficient (Wildman–Crippen LogP) is 2.91. The highest BCUT2D eigenvalue weighted by Crippen LogP contribution is 2.36. The van der Waals surface area contributed by atoms with Crippen molar-refractivity contribution >= 4 is 15.9 Å². The van der Waals surface area contributed by atoms with Gasteiger partial charge in [-0.05, 0) is 22.9 Å². The van der Waals surface area contributed by atoms with Crippen molar-refractivity contribution in [2.24, 2.45) is 0 Å². The fourth-order valence-electron chi connectivity index (χ4n) is 1.13. The first-order valence-electron chi connectivity index (χ1n) is 3.68. The highest BCUT2D eigenvalue weighted by molar-refractivity contribution is 9.10. The quantitative estimate of drug-likeness (QED) is 0.802. The molecule has 0 aliphatic rings. The fraction of sp³-hybridized carbons (Fsp3) is 0.333. The van der Waals surface area contributed by atoms with E-state index >= 15 is 0 Å². The molecule has 0 saturated carbocycles. The molecule has 72 valence electrons. The summed E-state index contributed by atoms with van der Waals surface area (Å²) in [6, 6.07) is 1.32. The van der Waals surface area contributed by atoms with Crippen LogP contribution in [0.25, 0.3) is 0 Å². The van der Waals surface area contributed by atoms with E-state index < -0.39 is 0 Å². The van der Waals surface area contributed by atoms with Crippen LogP contribution in [0.15, 0.2) is 10.5 Å². The monoisotopic (exact) mass is 248 g/mol. The van der Waals surface area contributed by atoms with E-state index in [4.69, 9.17) is 9.47 Å². The Kier molecular flexibility index (Phi) is 3.14. The van der Waals surface area contributed by atoms with Gasteiger partial charge in [-0.25, -0.2) is 4.39 Å². The molecule has 13 heavy (non-hydrogen) atoms. The van der Waals surface area contributed by atoms with E-state index in [1.165, 1.54) is 20.3 Å². The van der Waals surface area contributed by atoms with Crippen molar-refractivity contribution in [2.45, 2.75) is 6.92 Å². The lowest BCUT2D eigenvalue weighted by Crippen LogP contribution is -1.95. The molecule has 0 fully saturated rings. The summed E-state index contributed by atoms with van der Waals surface area (Å²) in [5.41, 5.74) is 0.776. The molecule has 0 aromatic heterocycles. The summed E-state index contributed by atoms with van der Waals surface area (Å²) in [6.45, 7) is 1.81. The average molecular weight is 249 g/mol. The summed E-state index contributed by atoms with van der Waals surface area (Å²) in [7, 11) is 2.99. The third kappa shape index (κ3) is 1.77. The maximum Gasteiger partial charge on any atom is 0.144 e. The van der Waals surface area contributed by atoms with Gasteiger partial charge in [0.2, 0.25) is 0 Å². The molecule has 0 unspecified atom stereocenters. The van der Waals surface area contributed by atoms with Gasteiger partial charge < -0.3 is 9.47 Å². The molecule has 2 nitrogen and oxygen atoms in total. The molecule has 0 aliphatic heterocycles. The van der Waals surface area contributed by atoms with Gasteiger partial charge >= 0.3 is 0 Å². The third-order valence-electron chi connectivity index (χ3n) is 1.80. The van der Waals surface area contributed by atoms with E-state index in [0.29, 0.717) is 16.0 Å². The van der Waals surface area contributed by atoms with Crippen LogP contribution in [0.5, 0.6) is 11.5 Å². The average Bonchev–Trinajstić information content (AvgIpc) is 2.12. The zero-order valence-corrected chi connectivity index (χ0v) is 9.24. The molecule has 0 amide bonds. The standard InChI is InChI=1S/C9H10BrFO2/c1-5-7(12-2)4-6(11)8(10)9(5)13-3/h4H,1-3H3. The Morgan fingerprint density at radius 1 is 1.31 bits per heavy atom. The second-order valence-corrected chi connectivity index (χ2v) is 3.33. The van der Waals surface area contributed by atoms with E-state index in [0.717, 1.165) is 5.56 Å². The summed E-state index contributed by atoms with van der Waals surface area (Å²) >= 11 is 3.10. The molecule has 0 radical (unpaired) electrons. The van der Waals surface area contributed by atoms with Gasteiger partial charge in [0.05, 0.1) is 18.7 Å². The number of ether oxygens (including phenoxy) is 2. The van der Waals surface area contributed by atoms with Gasteiger partial charge in [-0.1, -0.05) is 0 Å². The zero-order valence-electron chi connectivity index (χ0n) is 7.65. The molecule has 4 heteroatoms. The van der Waals surface area contributed by atoms with E-state index in [9.17, 15) is 4.39 Å². The topological polar surface area (TPSA) is 18.5 Å². The number of hydrogen-bond acceptors (Lipinski definition) is 2. The second kappa shape index (κ2) is 3.96. The Hall–Kier alpha value is -0.770. The first-order chi connectivity index (χ1) is 6.11. The molecule has 0 heterocycles. The molecular weight excluding hydrogens is 239 g/mol. The minimum absolute atomic E-state index is 0.327. The highest BCUT2D eigenvalue weighted by Gasteiger charge is 2.14. The number of methoxy groups -OCH3 is 2. The van der Waals surface area contributed by atoms with Gasteiger partial charge in [-0.3, -0.25) is 0 Å². The number of hydrogen-bond donors (Lipinski definition) is 0. The van der Waals surface area contributed by atoms with Crippen molar-refractivity contribution in [2.75, 3.05) is 14.2 Å². The summed E-state index contributed by atoms with van der Waals surface area (Å²) in [4.78, 5) is 0. The second-order valence-electron chi connectivity index (χ2n) is 2.53. The van der Waals surface area contributed by atoms with Gasteiger partial charge in [0, 0.05) is 11.6 Å². The largest absolute Gasteiger partial charge is 0.496 e. The maximum absolute atomic E-state index is 13.2. The van der Waals surface area contributed by atoms with Gasteiger partial charge in [0.15, 0.2) is 0 Å². The van der Waals surface area contributed by atoms with Gasteiger partial charge in [-0.2, -0.15) is 0 Å². The Bertz CT molecular complexity index is 326. The van der Waals surface area contributed by atoms with Crippen LogP contribution in [0.4, 0.5) is 4.39 Å². The Balaban J connectivity index is 3.39. The normalized spacial score (nSPS) is 9.92. The maximum atomic E-state index is 13.2. The highest BCUT2D eigenvalue weighted by atomic mass is 79.9. The minimum Gasteiger partial charge on any atom is -0.496 e. The van der Waals surface area contributed by atoms with E-state index in [1.807, 2.05) is 6.92 Å². The Morgan fingerprint density at radius 2 is 1.92 bits per heavy atom. The number of rotatable bonds is 2. The smallest absolute Gasteiger partial charge is 0.144 e. The number of benzene rings is 1. The van der Waals surface area contributed by atoms with Crippen LogP contribution in [-0.4, -0.2) is 14.2 Å². The first-order valence-corrected chi connectivity index (χ1v) is 4.47. The molecule has 0 spiro atoms. The molecule has 0 atom stereocenters. The van der Waals surface area contributed by atoms with Crippen LogP contribution >= 0.6 is 15.9 Å². The molecule has 0 aliphatic carbocycles. The van der Waals surface area contributed by atoms with Crippen molar-refractivity contribution < 1.29 is 13.9 Å². The molecule has 0 saturated heterocycles. The molecule has 1 aromatic rings. The van der Waals surface area contributed by atoms with Gasteiger partial charge in [0.25, 0.3) is 0 Å². The van der Waals surface area contributed by atoms with E-state index in [-0.39, 0.29) is 5.82 Å². The van der Waals surface area contributed by atoms with Crippen LogP contribution in [-0.2, 0) is 0 Å².